The molecule has 2 aliphatic heterocycles. The minimum Gasteiger partial charge on any atom is -0.507 e. The summed E-state index contributed by atoms with van der Waals surface area (Å²) in [6, 6.07) is 7.16. The molecule has 2 N–H and O–H groups in total. The summed E-state index contributed by atoms with van der Waals surface area (Å²) in [5, 5.41) is 14.5. The highest BCUT2D eigenvalue weighted by atomic mass is 16.3. The van der Waals surface area contributed by atoms with Crippen LogP contribution in [0.15, 0.2) is 29.4 Å². The number of aromatic hydroxyl groups is 1. The van der Waals surface area contributed by atoms with Crippen LogP contribution in [0.4, 0.5) is 17.8 Å². The maximum atomic E-state index is 10.0. The summed E-state index contributed by atoms with van der Waals surface area (Å²) in [7, 11) is 0. The van der Waals surface area contributed by atoms with Crippen molar-refractivity contribution in [3.05, 3.63) is 29.8 Å². The summed E-state index contributed by atoms with van der Waals surface area (Å²) in [6.07, 6.45) is 7.18. The summed E-state index contributed by atoms with van der Waals surface area (Å²) in [4.78, 5) is 18.5. The van der Waals surface area contributed by atoms with Crippen LogP contribution in [0, 0.1) is 0 Å². The zero-order valence-corrected chi connectivity index (χ0v) is 17.0. The van der Waals surface area contributed by atoms with Gasteiger partial charge < -0.3 is 14.9 Å². The maximum absolute atomic E-state index is 10.0. The molecule has 3 heterocycles. The quantitative estimate of drug-likeness (QED) is 0.592. The summed E-state index contributed by atoms with van der Waals surface area (Å²) < 4.78 is 0. The Balaban J connectivity index is 1.60. The predicted molar refractivity (Wildman–Crippen MR) is 116 cm³/mol. The van der Waals surface area contributed by atoms with Gasteiger partial charge in [-0.3, -0.25) is 0 Å². The molecule has 0 bridgehead atoms. The molecule has 154 valence electrons. The fraction of sp³-hybridized carbons (Fsp3) is 0.524. The molecule has 2 aromatic rings. The van der Waals surface area contributed by atoms with Crippen LogP contribution in [0.1, 0.15) is 51.0 Å². The lowest BCUT2D eigenvalue weighted by Gasteiger charge is -2.30. The topological polar surface area (TPSA) is 89.8 Å². The molecule has 29 heavy (non-hydrogen) atoms. The minimum atomic E-state index is 0.203. The van der Waals surface area contributed by atoms with Crippen molar-refractivity contribution >= 4 is 23.6 Å². The molecule has 2 fully saturated rings. The Hall–Kier alpha value is -2.90. The third kappa shape index (κ3) is 4.75. The van der Waals surface area contributed by atoms with Crippen molar-refractivity contribution < 1.29 is 5.11 Å². The van der Waals surface area contributed by atoms with E-state index in [1.807, 2.05) is 19.1 Å². The van der Waals surface area contributed by atoms with E-state index in [0.29, 0.717) is 17.2 Å². The summed E-state index contributed by atoms with van der Waals surface area (Å²) in [5.41, 5.74) is 4.34. The van der Waals surface area contributed by atoms with Crippen LogP contribution in [0.5, 0.6) is 5.75 Å². The second-order valence-electron chi connectivity index (χ2n) is 7.68. The molecule has 4 rings (SSSR count). The number of hydrazone groups is 1. The van der Waals surface area contributed by atoms with E-state index in [1.165, 1.54) is 12.8 Å². The van der Waals surface area contributed by atoms with Crippen molar-refractivity contribution in [3.63, 3.8) is 0 Å². The van der Waals surface area contributed by atoms with Gasteiger partial charge in [0.05, 0.1) is 5.71 Å². The number of piperidine rings is 2. The van der Waals surface area contributed by atoms with Gasteiger partial charge in [0, 0.05) is 31.7 Å². The second kappa shape index (κ2) is 9.07. The average molecular weight is 396 g/mol. The van der Waals surface area contributed by atoms with Crippen molar-refractivity contribution in [2.75, 3.05) is 41.4 Å². The number of hydrogen-bond acceptors (Lipinski definition) is 8. The molecule has 2 saturated heterocycles. The Morgan fingerprint density at radius 1 is 0.862 bits per heavy atom. The number of nitrogens with zero attached hydrogens (tertiary/aromatic N) is 6. The molecule has 8 heteroatoms. The monoisotopic (exact) mass is 395 g/mol. The van der Waals surface area contributed by atoms with Crippen molar-refractivity contribution in [1.29, 1.82) is 0 Å². The van der Waals surface area contributed by atoms with Gasteiger partial charge in [0.15, 0.2) is 0 Å². The lowest BCUT2D eigenvalue weighted by atomic mass is 10.1. The third-order valence-electron chi connectivity index (χ3n) is 5.51. The molecule has 0 unspecified atom stereocenters. The number of benzene rings is 1. The molecular formula is C21H29N7O. The van der Waals surface area contributed by atoms with Crippen LogP contribution >= 0.6 is 0 Å². The molecule has 0 amide bonds. The molecular weight excluding hydrogens is 366 g/mol. The van der Waals surface area contributed by atoms with Crippen molar-refractivity contribution in [1.82, 2.24) is 15.0 Å². The van der Waals surface area contributed by atoms with Crippen molar-refractivity contribution in [2.45, 2.75) is 45.4 Å². The number of hydrogen-bond donors (Lipinski definition) is 2. The van der Waals surface area contributed by atoms with Crippen LogP contribution in [0.3, 0.4) is 0 Å². The Bertz CT molecular complexity index is 822. The predicted octanol–water partition coefficient (Wildman–Crippen LogP) is 3.39. The number of anilines is 3. The smallest absolute Gasteiger partial charge is 0.250 e. The van der Waals surface area contributed by atoms with Gasteiger partial charge in [-0.05, 0) is 57.6 Å². The summed E-state index contributed by atoms with van der Waals surface area (Å²) in [5.74, 6) is 2.08. The fourth-order valence-corrected chi connectivity index (χ4v) is 3.85. The standard InChI is InChI=1S/C21H29N7O/c1-16(17-10-4-5-11-18(17)29)25-26-19-22-20(27-12-6-2-7-13-27)24-21(23-19)28-14-8-3-9-15-28/h4-5,10-11,29H,2-3,6-9,12-15H2,1H3,(H,22,23,24,26). The first-order valence-electron chi connectivity index (χ1n) is 10.6. The van der Waals surface area contributed by atoms with Gasteiger partial charge in [-0.25, -0.2) is 5.43 Å². The van der Waals surface area contributed by atoms with Crippen molar-refractivity contribution in [3.8, 4) is 5.75 Å². The van der Waals surface area contributed by atoms with Crippen LogP contribution < -0.4 is 15.2 Å². The number of phenols is 1. The highest BCUT2D eigenvalue weighted by Crippen LogP contribution is 2.23. The number of nitrogens with one attached hydrogen (secondary N) is 1. The van der Waals surface area contributed by atoms with E-state index in [-0.39, 0.29) is 5.75 Å². The summed E-state index contributed by atoms with van der Waals surface area (Å²) >= 11 is 0. The van der Waals surface area contributed by atoms with Gasteiger partial charge in [0.2, 0.25) is 17.8 Å². The third-order valence-corrected chi connectivity index (χ3v) is 5.51. The van der Waals surface area contributed by atoms with Gasteiger partial charge in [0.25, 0.3) is 0 Å². The molecule has 0 radical (unpaired) electrons. The molecule has 8 nitrogen and oxygen atoms in total. The van der Waals surface area contributed by atoms with Gasteiger partial charge in [-0.15, -0.1) is 0 Å². The van der Waals surface area contributed by atoms with E-state index in [9.17, 15) is 5.11 Å². The first-order chi connectivity index (χ1) is 14.2. The van der Waals surface area contributed by atoms with Crippen LogP contribution in [-0.2, 0) is 0 Å². The Labute approximate surface area is 171 Å². The molecule has 0 aliphatic carbocycles. The highest BCUT2D eigenvalue weighted by Gasteiger charge is 2.20. The number of aromatic nitrogens is 3. The van der Waals surface area contributed by atoms with E-state index >= 15 is 0 Å². The first kappa shape index (κ1) is 19.4. The highest BCUT2D eigenvalue weighted by molar-refractivity contribution is 6.01. The Morgan fingerprint density at radius 2 is 1.41 bits per heavy atom. The van der Waals surface area contributed by atoms with E-state index in [0.717, 1.165) is 63.8 Å². The zero-order valence-electron chi connectivity index (χ0n) is 17.0. The SMILES string of the molecule is CC(=NNc1nc(N2CCCCC2)nc(N2CCCCC2)n1)c1ccccc1O. The normalized spacial score (nSPS) is 18.0. The second-order valence-corrected chi connectivity index (χ2v) is 7.68. The van der Waals surface area contributed by atoms with Crippen LogP contribution in [-0.4, -0.2) is 51.9 Å². The van der Waals surface area contributed by atoms with E-state index < -0.39 is 0 Å². The Kier molecular flexibility index (Phi) is 6.07. The van der Waals surface area contributed by atoms with E-state index in [1.54, 1.807) is 12.1 Å². The largest absolute Gasteiger partial charge is 0.507 e. The molecule has 2 aliphatic rings. The lowest BCUT2D eigenvalue weighted by molar-refractivity contribution is 0.474. The average Bonchev–Trinajstić information content (AvgIpc) is 2.79. The lowest BCUT2D eigenvalue weighted by Crippen LogP contribution is -2.34. The molecule has 1 aromatic carbocycles. The van der Waals surface area contributed by atoms with Gasteiger partial charge in [-0.1, -0.05) is 12.1 Å². The molecule has 0 spiro atoms. The molecule has 1 aromatic heterocycles. The van der Waals surface area contributed by atoms with E-state index in [2.05, 4.69) is 30.3 Å². The van der Waals surface area contributed by atoms with Crippen molar-refractivity contribution in [2.24, 2.45) is 5.10 Å². The van der Waals surface area contributed by atoms with Gasteiger partial charge >= 0.3 is 0 Å². The molecule has 0 atom stereocenters. The number of phenolic OH excluding ortho intramolecular Hbond substituents is 1. The van der Waals surface area contributed by atoms with Gasteiger partial charge in [0.1, 0.15) is 5.75 Å². The first-order valence-corrected chi connectivity index (χ1v) is 10.6. The van der Waals surface area contributed by atoms with Gasteiger partial charge in [-0.2, -0.15) is 20.1 Å². The molecule has 0 saturated carbocycles. The van der Waals surface area contributed by atoms with Crippen LogP contribution in [0.25, 0.3) is 0 Å². The number of para-hydroxylation sites is 1. The Morgan fingerprint density at radius 3 is 1.97 bits per heavy atom. The summed E-state index contributed by atoms with van der Waals surface area (Å²) in [6.45, 7) is 5.75. The fourth-order valence-electron chi connectivity index (χ4n) is 3.85. The maximum Gasteiger partial charge on any atom is 0.250 e. The van der Waals surface area contributed by atoms with E-state index in [4.69, 9.17) is 4.98 Å². The zero-order chi connectivity index (χ0) is 20.1. The van der Waals surface area contributed by atoms with Crippen LogP contribution in [0.2, 0.25) is 0 Å². The number of rotatable bonds is 5. The minimum absolute atomic E-state index is 0.203.